The Morgan fingerprint density at radius 1 is 0.625 bits per heavy atom. The third-order valence-electron chi connectivity index (χ3n) is 8.29. The number of sulfonamides is 2. The number of carbonyl (C=O) groups is 1. The molecule has 300 valence electrons. The second-order valence-electron chi connectivity index (χ2n) is 12.5. The topological polar surface area (TPSA) is 262 Å². The molecule has 2 atom stereocenters. The van der Waals surface area contributed by atoms with Gasteiger partial charge >= 0.3 is 18.3 Å². The molecule has 2 aromatic heterocycles. The van der Waals surface area contributed by atoms with Crippen molar-refractivity contribution >= 4 is 61.1 Å². The van der Waals surface area contributed by atoms with Gasteiger partial charge in [0.1, 0.15) is 0 Å². The summed E-state index contributed by atoms with van der Waals surface area (Å²) in [5.74, 6) is 0. The molecule has 0 bridgehead atoms. The first-order valence-electron chi connectivity index (χ1n) is 17.2. The highest BCUT2D eigenvalue weighted by Gasteiger charge is 2.33. The van der Waals surface area contributed by atoms with Crippen LogP contribution >= 0.6 is 0 Å². The number of aromatic nitrogens is 2. The highest BCUT2D eigenvalue weighted by molar-refractivity contribution is 7.89. The van der Waals surface area contributed by atoms with Crippen LogP contribution in [0.3, 0.4) is 0 Å². The molecule has 2 amide bonds. The summed E-state index contributed by atoms with van der Waals surface area (Å²) in [6.07, 6.45) is 7.36. The average molecular weight is 811 g/mol. The van der Waals surface area contributed by atoms with Crippen LogP contribution in [-0.2, 0) is 39.2 Å². The van der Waals surface area contributed by atoms with Crippen molar-refractivity contribution in [3.8, 4) is 0 Å². The largest absolute Gasteiger partial charge is 0.399 e. The van der Waals surface area contributed by atoms with E-state index in [0.717, 1.165) is 42.8 Å². The molecule has 6 rings (SSSR count). The van der Waals surface area contributed by atoms with Crippen molar-refractivity contribution in [3.05, 3.63) is 96.6 Å². The SMILES string of the molecule is C[C@@H]1CCCN1S(=O)(=O)c1ccc(N)cc1.Cc1ccc(N)cn1.Cc1ccc(NC(=O)Nc2ccc(S(=O)(=O)N3CCC[C@H]3C)cc2)cn1.O=C=O.O=C=O. The lowest BCUT2D eigenvalue weighted by Crippen LogP contribution is -2.33. The molecule has 0 spiro atoms. The Morgan fingerprint density at radius 2 is 1.00 bits per heavy atom. The van der Waals surface area contributed by atoms with E-state index in [1.54, 1.807) is 65.2 Å². The zero-order valence-electron chi connectivity index (χ0n) is 31.4. The van der Waals surface area contributed by atoms with Crippen LogP contribution in [0.2, 0.25) is 0 Å². The number of benzene rings is 2. The molecule has 2 aromatic carbocycles. The van der Waals surface area contributed by atoms with Gasteiger partial charge < -0.3 is 22.1 Å². The number of nitrogen functional groups attached to an aromatic ring is 2. The number of nitrogens with zero attached hydrogens (tertiary/aromatic N) is 4. The Bertz CT molecular complexity index is 2090. The van der Waals surface area contributed by atoms with Gasteiger partial charge in [0.15, 0.2) is 0 Å². The van der Waals surface area contributed by atoms with E-state index in [-0.39, 0.29) is 29.3 Å². The highest BCUT2D eigenvalue weighted by Crippen LogP contribution is 2.27. The van der Waals surface area contributed by atoms with Crippen molar-refractivity contribution in [3.63, 3.8) is 0 Å². The number of pyridine rings is 2. The van der Waals surface area contributed by atoms with Crippen molar-refractivity contribution in [2.75, 3.05) is 35.2 Å². The maximum Gasteiger partial charge on any atom is 0.373 e. The average Bonchev–Trinajstić information content (AvgIpc) is 3.81. The van der Waals surface area contributed by atoms with E-state index in [0.29, 0.717) is 35.0 Å². The monoisotopic (exact) mass is 810 g/mol. The molecule has 2 saturated heterocycles. The molecule has 4 heterocycles. The number of aryl methyl sites for hydroxylation is 2. The molecule has 6 N–H and O–H groups in total. The molecule has 2 aliphatic rings. The van der Waals surface area contributed by atoms with Crippen molar-refractivity contribution in [1.29, 1.82) is 0 Å². The summed E-state index contributed by atoms with van der Waals surface area (Å²) in [5.41, 5.74) is 15.2. The Kier molecular flexibility index (Phi) is 18.7. The molecular weight excluding hydrogens is 765 g/mol. The summed E-state index contributed by atoms with van der Waals surface area (Å²) in [6.45, 7) is 8.83. The van der Waals surface area contributed by atoms with Crippen molar-refractivity contribution in [1.82, 2.24) is 18.6 Å². The van der Waals surface area contributed by atoms with Gasteiger partial charge in [-0.25, -0.2) is 21.6 Å². The van der Waals surface area contributed by atoms with Gasteiger partial charge in [-0.3, -0.25) is 9.97 Å². The maximum absolute atomic E-state index is 12.7. The third kappa shape index (κ3) is 14.4. The molecule has 4 aromatic rings. The van der Waals surface area contributed by atoms with Gasteiger partial charge in [0.2, 0.25) is 20.0 Å². The normalized spacial score (nSPS) is 16.3. The lowest BCUT2D eigenvalue weighted by molar-refractivity contribution is -0.193. The summed E-state index contributed by atoms with van der Waals surface area (Å²) in [4.78, 5) is 53.2. The number of rotatable bonds is 6. The molecule has 17 nitrogen and oxygen atoms in total. The standard InChI is InChI=1S/C18H22N4O3S.C11H16N2O2S.C6H8N2.2CO2/c1-13-5-6-16(12-19-13)21-18(23)20-15-7-9-17(10-8-15)26(24,25)22-11-3-4-14(22)2;1-9-3-2-8-13(9)16(14,15)11-6-4-10(12)5-7-11;1-5-2-3-6(7)4-8-5;2*2-1-3/h5-10,12,14H,3-4,11H2,1-2H3,(H2,20,21,23);4-7,9H,2-3,8,12H2,1H3;2-4H,7H2,1H3;;/t14-;9-;;;/m11.../s1. The Labute approximate surface area is 326 Å². The van der Waals surface area contributed by atoms with Gasteiger partial charge in [-0.15, -0.1) is 0 Å². The number of amides is 2. The quantitative estimate of drug-likeness (QED) is 0.196. The third-order valence-corrected chi connectivity index (χ3v) is 12.3. The van der Waals surface area contributed by atoms with Crippen LogP contribution in [0, 0.1) is 13.8 Å². The van der Waals surface area contributed by atoms with Gasteiger partial charge in [-0.2, -0.15) is 27.8 Å². The van der Waals surface area contributed by atoms with E-state index < -0.39 is 26.1 Å². The van der Waals surface area contributed by atoms with Crippen LogP contribution in [0.25, 0.3) is 0 Å². The van der Waals surface area contributed by atoms with Crippen LogP contribution in [0.4, 0.5) is 27.5 Å². The van der Waals surface area contributed by atoms with E-state index in [1.807, 2.05) is 39.8 Å². The first-order chi connectivity index (χ1) is 26.5. The van der Waals surface area contributed by atoms with Crippen molar-refractivity contribution in [2.45, 2.75) is 75.3 Å². The smallest absolute Gasteiger partial charge is 0.373 e. The predicted molar refractivity (Wildman–Crippen MR) is 207 cm³/mol. The fourth-order valence-corrected chi connectivity index (χ4v) is 8.86. The van der Waals surface area contributed by atoms with Crippen LogP contribution in [0.15, 0.2) is 95.0 Å². The second kappa shape index (κ2) is 22.5. The summed E-state index contributed by atoms with van der Waals surface area (Å²) in [5, 5.41) is 5.35. The van der Waals surface area contributed by atoms with E-state index in [1.165, 1.54) is 16.4 Å². The molecule has 0 aliphatic carbocycles. The van der Waals surface area contributed by atoms with E-state index >= 15 is 0 Å². The van der Waals surface area contributed by atoms with Gasteiger partial charge in [0.25, 0.3) is 0 Å². The fourth-order valence-electron chi connectivity index (χ4n) is 5.46. The maximum atomic E-state index is 12.7. The lowest BCUT2D eigenvalue weighted by Gasteiger charge is -2.21. The van der Waals surface area contributed by atoms with Crippen LogP contribution in [0.5, 0.6) is 0 Å². The van der Waals surface area contributed by atoms with E-state index in [4.69, 9.17) is 30.6 Å². The number of anilines is 4. The van der Waals surface area contributed by atoms with Crippen LogP contribution in [0.1, 0.15) is 50.9 Å². The Balaban J connectivity index is 0.000000304. The first-order valence-corrected chi connectivity index (χ1v) is 20.0. The summed E-state index contributed by atoms with van der Waals surface area (Å²) in [6, 6.07) is 19.6. The first kappa shape index (κ1) is 46.3. The molecule has 0 saturated carbocycles. The lowest BCUT2D eigenvalue weighted by atomic mass is 10.3. The van der Waals surface area contributed by atoms with Crippen LogP contribution in [-0.4, -0.2) is 78.9 Å². The van der Waals surface area contributed by atoms with E-state index in [2.05, 4.69) is 20.6 Å². The van der Waals surface area contributed by atoms with Crippen molar-refractivity contribution in [2.24, 2.45) is 0 Å². The van der Waals surface area contributed by atoms with Gasteiger partial charge in [-0.1, -0.05) is 0 Å². The number of hydrogen-bond donors (Lipinski definition) is 4. The number of nitrogens with two attached hydrogens (primary N) is 2. The summed E-state index contributed by atoms with van der Waals surface area (Å²) in [7, 11) is -6.82. The van der Waals surface area contributed by atoms with Crippen LogP contribution < -0.4 is 22.1 Å². The molecule has 0 radical (unpaired) electrons. The predicted octanol–water partition coefficient (Wildman–Crippen LogP) is 4.45. The highest BCUT2D eigenvalue weighted by atomic mass is 32.2. The molecular formula is C37H46N8O9S2. The fraction of sp³-hybridized carbons (Fsp3) is 0.324. The minimum absolute atomic E-state index is 0.0201. The van der Waals surface area contributed by atoms with Crippen molar-refractivity contribution < 1.29 is 40.8 Å². The Hall–Kier alpha value is -5.81. The molecule has 0 unspecified atom stereocenters. The number of urea groups is 1. The Morgan fingerprint density at radius 3 is 1.36 bits per heavy atom. The van der Waals surface area contributed by atoms with E-state index in [9.17, 15) is 21.6 Å². The summed E-state index contributed by atoms with van der Waals surface area (Å²) < 4.78 is 52.9. The second-order valence-corrected chi connectivity index (χ2v) is 16.3. The zero-order valence-corrected chi connectivity index (χ0v) is 33.0. The van der Waals surface area contributed by atoms with Gasteiger partial charge in [0, 0.05) is 47.9 Å². The van der Waals surface area contributed by atoms with Gasteiger partial charge in [-0.05, 0) is 126 Å². The molecule has 2 aliphatic heterocycles. The number of carbonyl (C=O) groups excluding carboxylic acids is 5. The minimum Gasteiger partial charge on any atom is -0.399 e. The zero-order chi connectivity index (χ0) is 41.9. The number of hydrogen-bond acceptors (Lipinski definition) is 13. The molecule has 56 heavy (non-hydrogen) atoms. The number of nitrogens with one attached hydrogen (secondary N) is 2. The molecule has 2 fully saturated rings. The minimum atomic E-state index is -3.49. The summed E-state index contributed by atoms with van der Waals surface area (Å²) >= 11 is 0. The van der Waals surface area contributed by atoms with Gasteiger partial charge in [0.05, 0.1) is 33.6 Å². The molecule has 19 heteroatoms.